The number of nitrogens with one attached hydrogen (secondary N) is 1. The number of furan rings is 1. The van der Waals surface area contributed by atoms with Crippen LogP contribution in [0.25, 0.3) is 0 Å². The first kappa shape index (κ1) is 13.7. The molecule has 18 heavy (non-hydrogen) atoms. The molecule has 1 saturated heterocycles. The van der Waals surface area contributed by atoms with Gasteiger partial charge in [-0.2, -0.15) is 0 Å². The van der Waals surface area contributed by atoms with Crippen molar-refractivity contribution >= 4 is 20.8 Å². The maximum Gasteiger partial charge on any atom is 0.271 e. The van der Waals surface area contributed by atoms with Crippen LogP contribution in [0.4, 0.5) is 0 Å². The summed E-state index contributed by atoms with van der Waals surface area (Å²) in [6, 6.07) is 3.25. The minimum Gasteiger partial charge on any atom is -0.447 e. The summed E-state index contributed by atoms with van der Waals surface area (Å²) < 4.78 is 38.3. The molecule has 6 nitrogen and oxygen atoms in total. The summed E-state index contributed by atoms with van der Waals surface area (Å²) in [6.07, 6.45) is 1.74. The Labute approximate surface area is 108 Å². The highest BCUT2D eigenvalue weighted by Crippen LogP contribution is 2.14. The minimum atomic E-state index is -3.77. The van der Waals surface area contributed by atoms with Gasteiger partial charge in [-0.1, -0.05) is 0 Å². The molecule has 0 aromatic carbocycles. The van der Waals surface area contributed by atoms with Gasteiger partial charge in [0.1, 0.15) is 5.76 Å². The number of primary sulfonamides is 1. The van der Waals surface area contributed by atoms with Gasteiger partial charge in [-0.05, 0) is 25.0 Å². The van der Waals surface area contributed by atoms with Crippen LogP contribution in [0.15, 0.2) is 21.6 Å². The summed E-state index contributed by atoms with van der Waals surface area (Å²) in [7, 11) is -4.44. The van der Waals surface area contributed by atoms with Crippen molar-refractivity contribution in [2.75, 3.05) is 11.5 Å². The van der Waals surface area contributed by atoms with Crippen molar-refractivity contribution in [2.45, 2.75) is 30.5 Å². The van der Waals surface area contributed by atoms with Crippen LogP contribution in [0.2, 0.25) is 0 Å². The second-order valence-electron chi connectivity index (χ2n) is 4.27. The molecule has 0 atom stereocenters. The molecular formula is C10H16N2O4S2. The first-order valence-corrected chi connectivity index (χ1v) is 8.68. The van der Waals surface area contributed by atoms with E-state index in [-0.39, 0.29) is 5.09 Å². The topological polar surface area (TPSA) is 102 Å². The molecule has 0 saturated carbocycles. The quantitative estimate of drug-likeness (QED) is 0.808. The second kappa shape index (κ2) is 5.52. The van der Waals surface area contributed by atoms with Crippen LogP contribution in [-0.2, 0) is 27.4 Å². The van der Waals surface area contributed by atoms with E-state index in [0.29, 0.717) is 18.3 Å². The van der Waals surface area contributed by atoms with E-state index in [1.165, 1.54) is 6.07 Å². The van der Waals surface area contributed by atoms with Crippen LogP contribution in [0.3, 0.4) is 0 Å². The van der Waals surface area contributed by atoms with Gasteiger partial charge < -0.3 is 9.73 Å². The predicted molar refractivity (Wildman–Crippen MR) is 67.8 cm³/mol. The van der Waals surface area contributed by atoms with Crippen molar-refractivity contribution in [2.24, 2.45) is 5.14 Å². The molecule has 1 fully saturated rings. The third kappa shape index (κ3) is 3.64. The minimum absolute atomic E-state index is 0.218. The highest BCUT2D eigenvalue weighted by atomic mass is 32.2. The van der Waals surface area contributed by atoms with E-state index in [4.69, 9.17) is 9.56 Å². The second-order valence-corrected chi connectivity index (χ2v) is 7.46. The van der Waals surface area contributed by atoms with Crippen LogP contribution < -0.4 is 10.5 Å². The molecule has 0 aliphatic carbocycles. The first-order chi connectivity index (χ1) is 8.45. The summed E-state index contributed by atoms with van der Waals surface area (Å²) in [6.45, 7) is 0.451. The zero-order valence-electron chi connectivity index (χ0n) is 9.79. The maximum absolute atomic E-state index is 11.2. The zero-order chi connectivity index (χ0) is 13.2. The molecule has 102 valence electrons. The largest absolute Gasteiger partial charge is 0.447 e. The van der Waals surface area contributed by atoms with Gasteiger partial charge in [0, 0.05) is 28.3 Å². The fraction of sp³-hybridized carbons (Fsp3) is 0.600. The van der Waals surface area contributed by atoms with Crippen LogP contribution in [0.1, 0.15) is 18.6 Å². The normalized spacial score (nSPS) is 25.2. The average molecular weight is 292 g/mol. The van der Waals surface area contributed by atoms with E-state index in [1.54, 1.807) is 6.07 Å². The van der Waals surface area contributed by atoms with Crippen LogP contribution in [-0.4, -0.2) is 30.2 Å². The van der Waals surface area contributed by atoms with Gasteiger partial charge in [-0.3, -0.25) is 4.21 Å². The SMILES string of the molecule is NS(=O)(=O)c1ccc(CNC2CCS(=O)CC2)o1. The molecule has 1 aromatic heterocycles. The Bertz CT molecular complexity index is 528. The molecule has 0 unspecified atom stereocenters. The van der Waals surface area contributed by atoms with Crippen LogP contribution in [0, 0.1) is 0 Å². The first-order valence-electron chi connectivity index (χ1n) is 5.65. The maximum atomic E-state index is 11.2. The van der Waals surface area contributed by atoms with Crippen molar-refractivity contribution in [1.29, 1.82) is 0 Å². The Morgan fingerprint density at radius 3 is 2.61 bits per heavy atom. The van der Waals surface area contributed by atoms with E-state index >= 15 is 0 Å². The summed E-state index contributed by atoms with van der Waals surface area (Å²) in [5.74, 6) is 1.97. The molecule has 8 heteroatoms. The summed E-state index contributed by atoms with van der Waals surface area (Å²) in [5.41, 5.74) is 0. The monoisotopic (exact) mass is 292 g/mol. The third-order valence-corrected chi connectivity index (χ3v) is 5.03. The zero-order valence-corrected chi connectivity index (χ0v) is 11.4. The van der Waals surface area contributed by atoms with Gasteiger partial charge >= 0.3 is 0 Å². The van der Waals surface area contributed by atoms with Gasteiger partial charge in [0.2, 0.25) is 5.09 Å². The Kier molecular flexibility index (Phi) is 4.21. The number of rotatable bonds is 4. The lowest BCUT2D eigenvalue weighted by molar-refractivity contribution is 0.381. The van der Waals surface area contributed by atoms with E-state index < -0.39 is 20.8 Å². The number of hydrogen-bond donors (Lipinski definition) is 2. The van der Waals surface area contributed by atoms with E-state index in [0.717, 1.165) is 24.3 Å². The molecule has 3 N–H and O–H groups in total. The van der Waals surface area contributed by atoms with Crippen molar-refractivity contribution in [1.82, 2.24) is 5.32 Å². The van der Waals surface area contributed by atoms with Crippen molar-refractivity contribution in [3.63, 3.8) is 0 Å². The number of nitrogens with two attached hydrogens (primary N) is 1. The van der Waals surface area contributed by atoms with Crippen molar-refractivity contribution in [3.8, 4) is 0 Å². The van der Waals surface area contributed by atoms with E-state index in [2.05, 4.69) is 5.32 Å². The van der Waals surface area contributed by atoms with Gasteiger partial charge in [-0.25, -0.2) is 13.6 Å². The molecule has 1 aliphatic heterocycles. The molecule has 0 bridgehead atoms. The van der Waals surface area contributed by atoms with E-state index in [1.807, 2.05) is 0 Å². The van der Waals surface area contributed by atoms with Crippen LogP contribution >= 0.6 is 0 Å². The Morgan fingerprint density at radius 2 is 2.06 bits per heavy atom. The fourth-order valence-corrected chi connectivity index (χ4v) is 3.63. The molecule has 2 heterocycles. The molecule has 1 aromatic rings. The summed E-state index contributed by atoms with van der Waals surface area (Å²) in [4.78, 5) is 0. The fourth-order valence-electron chi connectivity index (χ4n) is 1.85. The summed E-state index contributed by atoms with van der Waals surface area (Å²) >= 11 is 0. The van der Waals surface area contributed by atoms with Gasteiger partial charge in [-0.15, -0.1) is 0 Å². The molecule has 0 radical (unpaired) electrons. The van der Waals surface area contributed by atoms with Gasteiger partial charge in [0.15, 0.2) is 0 Å². The Morgan fingerprint density at radius 1 is 1.39 bits per heavy atom. The average Bonchev–Trinajstić information content (AvgIpc) is 2.77. The number of hydrogen-bond acceptors (Lipinski definition) is 5. The lowest BCUT2D eigenvalue weighted by Crippen LogP contribution is -2.35. The molecular weight excluding hydrogens is 276 g/mol. The summed E-state index contributed by atoms with van der Waals surface area (Å²) in [5, 5.41) is 7.99. The Hall–Kier alpha value is -0.700. The molecule has 2 rings (SSSR count). The molecule has 0 spiro atoms. The smallest absolute Gasteiger partial charge is 0.271 e. The highest BCUT2D eigenvalue weighted by Gasteiger charge is 2.18. The van der Waals surface area contributed by atoms with Crippen LogP contribution in [0.5, 0.6) is 0 Å². The third-order valence-electron chi connectivity index (χ3n) is 2.87. The standard InChI is InChI=1S/C10H16N2O4S2/c11-18(14,15)10-2-1-9(16-10)7-12-8-3-5-17(13)6-4-8/h1-2,8,12H,3-7H2,(H2,11,14,15). The van der Waals surface area contributed by atoms with Gasteiger partial charge in [0.05, 0.1) is 6.54 Å². The lowest BCUT2D eigenvalue weighted by atomic mass is 10.1. The highest BCUT2D eigenvalue weighted by molar-refractivity contribution is 7.89. The van der Waals surface area contributed by atoms with Crippen molar-refractivity contribution < 1.29 is 17.0 Å². The van der Waals surface area contributed by atoms with Gasteiger partial charge in [0.25, 0.3) is 10.0 Å². The van der Waals surface area contributed by atoms with E-state index in [9.17, 15) is 12.6 Å². The molecule has 1 aliphatic rings. The predicted octanol–water partition coefficient (Wildman–Crippen LogP) is -0.0723. The van der Waals surface area contributed by atoms with Crippen molar-refractivity contribution in [3.05, 3.63) is 17.9 Å². The Balaban J connectivity index is 1.87. The lowest BCUT2D eigenvalue weighted by Gasteiger charge is -2.21. The number of sulfonamides is 1. The molecule has 0 amide bonds.